The van der Waals surface area contributed by atoms with Gasteiger partial charge in [-0.3, -0.25) is 0 Å². The van der Waals surface area contributed by atoms with Crippen LogP contribution in [0.25, 0.3) is 11.1 Å². The fraction of sp³-hybridized carbons (Fsp3) is 0.0526. The van der Waals surface area contributed by atoms with Gasteiger partial charge >= 0.3 is 0 Å². The van der Waals surface area contributed by atoms with Crippen molar-refractivity contribution in [2.45, 2.75) is 6.61 Å². The largest absolute Gasteiger partial charge is 0.489 e. The first-order valence-corrected chi connectivity index (χ1v) is 6.65. The molecular formula is C19H15O. The highest BCUT2D eigenvalue weighted by molar-refractivity contribution is 5.64. The van der Waals surface area contributed by atoms with Crippen LogP contribution in [0.5, 0.6) is 5.75 Å². The molecule has 97 valence electrons. The molecule has 3 aromatic carbocycles. The first-order valence-electron chi connectivity index (χ1n) is 6.65. The molecule has 0 aliphatic rings. The van der Waals surface area contributed by atoms with Gasteiger partial charge in [-0.2, -0.15) is 0 Å². The maximum Gasteiger partial charge on any atom is 0.120 e. The van der Waals surface area contributed by atoms with Gasteiger partial charge < -0.3 is 4.74 Å². The van der Waals surface area contributed by atoms with E-state index in [9.17, 15) is 0 Å². The summed E-state index contributed by atoms with van der Waals surface area (Å²) in [7, 11) is 0. The van der Waals surface area contributed by atoms with Crippen molar-refractivity contribution >= 4 is 0 Å². The summed E-state index contributed by atoms with van der Waals surface area (Å²) in [5.41, 5.74) is 3.51. The van der Waals surface area contributed by atoms with Crippen molar-refractivity contribution in [1.29, 1.82) is 0 Å². The molecule has 0 fully saturated rings. The van der Waals surface area contributed by atoms with E-state index in [0.717, 1.165) is 11.3 Å². The summed E-state index contributed by atoms with van der Waals surface area (Å²) in [6, 6.07) is 29.3. The van der Waals surface area contributed by atoms with Crippen LogP contribution in [0.2, 0.25) is 0 Å². The number of benzene rings is 3. The molecule has 0 aromatic heterocycles. The lowest BCUT2D eigenvalue weighted by Crippen LogP contribution is -1.94. The van der Waals surface area contributed by atoms with Crippen molar-refractivity contribution in [3.05, 3.63) is 90.5 Å². The summed E-state index contributed by atoms with van der Waals surface area (Å²) >= 11 is 0. The Morgan fingerprint density at radius 3 is 2.35 bits per heavy atom. The molecular weight excluding hydrogens is 244 g/mol. The Morgan fingerprint density at radius 1 is 0.750 bits per heavy atom. The molecule has 3 rings (SSSR count). The summed E-state index contributed by atoms with van der Waals surface area (Å²) in [5, 5.41) is 0. The molecule has 0 spiro atoms. The van der Waals surface area contributed by atoms with Gasteiger partial charge in [-0.15, -0.1) is 0 Å². The van der Waals surface area contributed by atoms with Gasteiger partial charge in [-0.1, -0.05) is 66.7 Å². The smallest absolute Gasteiger partial charge is 0.120 e. The van der Waals surface area contributed by atoms with Crippen LogP contribution in [0.15, 0.2) is 78.9 Å². The van der Waals surface area contributed by atoms with Gasteiger partial charge in [0.05, 0.1) is 0 Å². The maximum atomic E-state index is 5.85. The molecule has 0 saturated heterocycles. The van der Waals surface area contributed by atoms with E-state index < -0.39 is 0 Å². The molecule has 0 amide bonds. The van der Waals surface area contributed by atoms with Crippen LogP contribution >= 0.6 is 0 Å². The number of hydrogen-bond donors (Lipinski definition) is 0. The molecule has 0 saturated carbocycles. The third-order valence-electron chi connectivity index (χ3n) is 3.13. The third-order valence-corrected chi connectivity index (χ3v) is 3.13. The Morgan fingerprint density at radius 2 is 1.55 bits per heavy atom. The van der Waals surface area contributed by atoms with Gasteiger partial charge in [-0.25, -0.2) is 0 Å². The van der Waals surface area contributed by atoms with Gasteiger partial charge in [0, 0.05) is 0 Å². The van der Waals surface area contributed by atoms with Crippen LogP contribution in [0, 0.1) is 6.07 Å². The second kappa shape index (κ2) is 6.07. The maximum absolute atomic E-state index is 5.85. The van der Waals surface area contributed by atoms with E-state index in [-0.39, 0.29) is 0 Å². The minimum Gasteiger partial charge on any atom is -0.489 e. The van der Waals surface area contributed by atoms with Crippen molar-refractivity contribution in [2.75, 3.05) is 0 Å². The molecule has 0 aliphatic heterocycles. The summed E-state index contributed by atoms with van der Waals surface area (Å²) in [6.07, 6.45) is 0. The zero-order chi connectivity index (χ0) is 13.6. The minimum absolute atomic E-state index is 0.590. The van der Waals surface area contributed by atoms with E-state index in [1.165, 1.54) is 11.1 Å². The van der Waals surface area contributed by atoms with Crippen LogP contribution in [-0.2, 0) is 6.61 Å². The Hall–Kier alpha value is -2.54. The fourth-order valence-corrected chi connectivity index (χ4v) is 2.09. The van der Waals surface area contributed by atoms with Crippen molar-refractivity contribution < 1.29 is 4.74 Å². The highest BCUT2D eigenvalue weighted by atomic mass is 16.5. The Labute approximate surface area is 119 Å². The molecule has 0 bridgehead atoms. The van der Waals surface area contributed by atoms with Crippen molar-refractivity contribution in [1.82, 2.24) is 0 Å². The predicted octanol–water partition coefficient (Wildman–Crippen LogP) is 4.73. The van der Waals surface area contributed by atoms with Crippen LogP contribution in [0.1, 0.15) is 5.56 Å². The lowest BCUT2D eigenvalue weighted by molar-refractivity contribution is 0.306. The molecule has 0 aliphatic carbocycles. The van der Waals surface area contributed by atoms with Crippen molar-refractivity contribution in [2.24, 2.45) is 0 Å². The molecule has 0 N–H and O–H groups in total. The zero-order valence-electron chi connectivity index (χ0n) is 11.1. The average Bonchev–Trinajstić information content (AvgIpc) is 2.55. The molecule has 0 heterocycles. The van der Waals surface area contributed by atoms with Crippen molar-refractivity contribution in [3.63, 3.8) is 0 Å². The Bertz CT molecular complexity index is 660. The number of rotatable bonds is 4. The lowest BCUT2D eigenvalue weighted by Gasteiger charge is -2.08. The molecule has 0 atom stereocenters. The second-order valence-corrected chi connectivity index (χ2v) is 4.59. The standard InChI is InChI=1S/C19H15O/c1-3-8-16(9-4-1)15-20-19-13-7-12-18(14-19)17-10-5-2-6-11-17/h1,3-14H,15H2. The Kier molecular flexibility index (Phi) is 3.79. The Balaban J connectivity index is 1.75. The topological polar surface area (TPSA) is 9.23 Å². The summed E-state index contributed by atoms with van der Waals surface area (Å²) < 4.78 is 5.85. The van der Waals surface area contributed by atoms with Gasteiger partial charge in [0.25, 0.3) is 0 Å². The minimum atomic E-state index is 0.590. The number of hydrogen-bond acceptors (Lipinski definition) is 1. The predicted molar refractivity (Wildman–Crippen MR) is 81.5 cm³/mol. The quantitative estimate of drug-likeness (QED) is 0.658. The summed E-state index contributed by atoms with van der Waals surface area (Å²) in [6.45, 7) is 0.590. The summed E-state index contributed by atoms with van der Waals surface area (Å²) in [4.78, 5) is 0. The lowest BCUT2D eigenvalue weighted by atomic mass is 10.1. The normalized spacial score (nSPS) is 10.2. The monoisotopic (exact) mass is 259 g/mol. The highest BCUT2D eigenvalue weighted by Gasteiger charge is 2.00. The van der Waals surface area contributed by atoms with E-state index in [2.05, 4.69) is 42.5 Å². The van der Waals surface area contributed by atoms with Crippen LogP contribution in [0.3, 0.4) is 0 Å². The SMILES string of the molecule is [c]1ccc(-c2cccc(OCc3ccccc3)c2)cc1. The van der Waals surface area contributed by atoms with Gasteiger partial charge in [-0.05, 0) is 34.9 Å². The van der Waals surface area contributed by atoms with E-state index in [4.69, 9.17) is 4.74 Å². The number of ether oxygens (including phenoxy) is 1. The second-order valence-electron chi connectivity index (χ2n) is 4.59. The molecule has 3 aromatic rings. The van der Waals surface area contributed by atoms with Crippen LogP contribution in [0.4, 0.5) is 0 Å². The molecule has 1 nitrogen and oxygen atoms in total. The van der Waals surface area contributed by atoms with E-state index >= 15 is 0 Å². The first kappa shape index (κ1) is 12.5. The zero-order valence-corrected chi connectivity index (χ0v) is 11.1. The van der Waals surface area contributed by atoms with Crippen LogP contribution in [-0.4, -0.2) is 0 Å². The average molecular weight is 259 g/mol. The summed E-state index contributed by atoms with van der Waals surface area (Å²) in [5.74, 6) is 0.888. The highest BCUT2D eigenvalue weighted by Crippen LogP contribution is 2.24. The van der Waals surface area contributed by atoms with Crippen molar-refractivity contribution in [3.8, 4) is 16.9 Å². The molecule has 0 unspecified atom stereocenters. The van der Waals surface area contributed by atoms with Crippen LogP contribution < -0.4 is 4.74 Å². The van der Waals surface area contributed by atoms with Gasteiger partial charge in [0.15, 0.2) is 0 Å². The molecule has 1 radical (unpaired) electrons. The molecule has 20 heavy (non-hydrogen) atoms. The van der Waals surface area contributed by atoms with E-state index in [0.29, 0.717) is 6.61 Å². The van der Waals surface area contributed by atoms with E-state index in [1.807, 2.05) is 42.5 Å². The van der Waals surface area contributed by atoms with Gasteiger partial charge in [0.2, 0.25) is 0 Å². The molecule has 1 heteroatoms. The third kappa shape index (κ3) is 3.07. The van der Waals surface area contributed by atoms with Gasteiger partial charge in [0.1, 0.15) is 12.4 Å². The fourth-order valence-electron chi connectivity index (χ4n) is 2.09. The first-order chi connectivity index (χ1) is 9.92. The van der Waals surface area contributed by atoms with E-state index in [1.54, 1.807) is 0 Å².